The predicted octanol–water partition coefficient (Wildman–Crippen LogP) is 1.70. The van der Waals surface area contributed by atoms with E-state index in [2.05, 4.69) is 11.2 Å². The molecule has 0 radical (unpaired) electrons. The molecule has 2 aromatic rings. The first kappa shape index (κ1) is 28.2. The topological polar surface area (TPSA) is 175 Å². The minimum Gasteiger partial charge on any atom is -0.505 e. The standard InChI is InChI=1S/C26H30N2O11/c1-6-11-35-28-25(33)38-20-18(30)24(39-26(3,4)21(20)34-5)36-15-10-9-14-17(29)16(27-22(31)13-7-8-13)23(32)37-19(14)12(15)2/h1,9-10,13,18,20-21,24,29-30H,7-8,11H2,2-5H3,(H,27,31)(H,28,33)/t18-,20+,21-,24-/m1/s1. The summed E-state index contributed by atoms with van der Waals surface area (Å²) in [4.78, 5) is 41.7. The molecule has 4 N–H and O–H groups in total. The number of carbonyl (C=O) groups excluding carboxylic acids is 2. The van der Waals surface area contributed by atoms with Crippen LogP contribution in [0.4, 0.5) is 10.5 Å². The van der Waals surface area contributed by atoms with Gasteiger partial charge in [-0.1, -0.05) is 5.92 Å². The van der Waals surface area contributed by atoms with Crippen molar-refractivity contribution in [2.24, 2.45) is 5.92 Å². The van der Waals surface area contributed by atoms with Crippen LogP contribution in [0.15, 0.2) is 21.3 Å². The van der Waals surface area contributed by atoms with Crippen molar-refractivity contribution in [2.75, 3.05) is 19.0 Å². The van der Waals surface area contributed by atoms with Crippen LogP contribution in [0.5, 0.6) is 11.5 Å². The summed E-state index contributed by atoms with van der Waals surface area (Å²) in [5.41, 5.74) is -0.0466. The number of aryl methyl sites for hydroxylation is 1. The van der Waals surface area contributed by atoms with Gasteiger partial charge in [0.15, 0.2) is 23.6 Å². The Morgan fingerprint density at radius 1 is 1.28 bits per heavy atom. The molecule has 2 aliphatic rings. The van der Waals surface area contributed by atoms with Crippen LogP contribution < -0.4 is 21.2 Å². The molecule has 1 saturated heterocycles. The molecule has 1 aliphatic carbocycles. The van der Waals surface area contributed by atoms with E-state index < -0.39 is 47.7 Å². The Balaban J connectivity index is 1.60. The number of benzene rings is 1. The molecule has 1 aromatic carbocycles. The molecule has 1 saturated carbocycles. The predicted molar refractivity (Wildman–Crippen MR) is 135 cm³/mol. The van der Waals surface area contributed by atoms with Gasteiger partial charge in [0, 0.05) is 18.6 Å². The van der Waals surface area contributed by atoms with Crippen molar-refractivity contribution in [1.29, 1.82) is 0 Å². The summed E-state index contributed by atoms with van der Waals surface area (Å²) in [6.07, 6.45) is 0.465. The first-order valence-electron chi connectivity index (χ1n) is 12.2. The zero-order valence-corrected chi connectivity index (χ0v) is 21.8. The second kappa shape index (κ2) is 11.1. The molecular weight excluding hydrogens is 516 g/mol. The number of fused-ring (bicyclic) bond motifs is 1. The molecule has 2 heterocycles. The normalized spacial score (nSPS) is 24.0. The second-order valence-electron chi connectivity index (χ2n) is 9.76. The van der Waals surface area contributed by atoms with Crippen molar-refractivity contribution < 1.29 is 48.0 Å². The average Bonchev–Trinajstić information content (AvgIpc) is 3.72. The number of aliphatic hydroxyl groups is 1. The smallest absolute Gasteiger partial charge is 0.431 e. The lowest BCUT2D eigenvalue weighted by Crippen LogP contribution is -2.65. The number of carbonyl (C=O) groups is 2. The van der Waals surface area contributed by atoms with Gasteiger partial charge in [0.1, 0.15) is 24.0 Å². The van der Waals surface area contributed by atoms with E-state index in [1.54, 1.807) is 20.8 Å². The summed E-state index contributed by atoms with van der Waals surface area (Å²) in [6.45, 7) is 4.70. The highest BCUT2D eigenvalue weighted by Gasteiger charge is 2.53. The van der Waals surface area contributed by atoms with Gasteiger partial charge in [-0.25, -0.2) is 9.59 Å². The fourth-order valence-electron chi connectivity index (χ4n) is 4.39. The van der Waals surface area contributed by atoms with E-state index in [1.807, 2.05) is 5.48 Å². The number of nitrogens with one attached hydrogen (secondary N) is 2. The van der Waals surface area contributed by atoms with Crippen molar-refractivity contribution >= 4 is 28.7 Å². The number of ether oxygens (including phenoxy) is 4. The molecule has 2 amide bonds. The van der Waals surface area contributed by atoms with Crippen molar-refractivity contribution in [3.8, 4) is 23.8 Å². The first-order chi connectivity index (χ1) is 18.5. The Hall–Kier alpha value is -3.83. The number of aliphatic hydroxyl groups excluding tert-OH is 1. The monoisotopic (exact) mass is 546 g/mol. The molecule has 1 aromatic heterocycles. The van der Waals surface area contributed by atoms with E-state index in [1.165, 1.54) is 19.2 Å². The van der Waals surface area contributed by atoms with Crippen LogP contribution in [-0.2, 0) is 23.8 Å². The molecule has 0 unspecified atom stereocenters. The Bertz CT molecular complexity index is 1360. The third-order valence-electron chi connectivity index (χ3n) is 6.51. The zero-order chi connectivity index (χ0) is 28.5. The summed E-state index contributed by atoms with van der Waals surface area (Å²) in [7, 11) is 1.37. The lowest BCUT2D eigenvalue weighted by Gasteiger charge is -2.47. The maximum absolute atomic E-state index is 12.6. The molecule has 210 valence electrons. The molecule has 4 rings (SSSR count). The maximum Gasteiger partial charge on any atom is 0.431 e. The highest BCUT2D eigenvalue weighted by molar-refractivity contribution is 5.99. The van der Waals surface area contributed by atoms with Crippen molar-refractivity contribution in [3.63, 3.8) is 0 Å². The SMILES string of the molecule is C#CCONC(=O)O[C@H]1[C@@H](O)[C@H](Oc2ccc3c(O)c(NC(=O)C4CC4)c(=O)oc3c2C)OC(C)(C)[C@@H]1OC. The minimum absolute atomic E-state index is 0.0107. The fourth-order valence-corrected chi connectivity index (χ4v) is 4.39. The van der Waals surface area contributed by atoms with E-state index in [0.29, 0.717) is 5.56 Å². The van der Waals surface area contributed by atoms with Gasteiger partial charge < -0.3 is 38.9 Å². The fraction of sp³-hybridized carbons (Fsp3) is 0.500. The molecule has 13 heteroatoms. The number of rotatable bonds is 8. The Kier molecular flexibility index (Phi) is 8.03. The highest BCUT2D eigenvalue weighted by atomic mass is 16.7. The summed E-state index contributed by atoms with van der Waals surface area (Å²) in [5, 5.41) is 24.4. The molecule has 0 spiro atoms. The Morgan fingerprint density at radius 2 is 2.00 bits per heavy atom. The van der Waals surface area contributed by atoms with Crippen LogP contribution in [0.3, 0.4) is 0 Å². The number of methoxy groups -OCH3 is 1. The quantitative estimate of drug-likeness (QED) is 0.164. The van der Waals surface area contributed by atoms with Crippen molar-refractivity contribution in [3.05, 3.63) is 28.1 Å². The van der Waals surface area contributed by atoms with Gasteiger partial charge in [-0.15, -0.1) is 6.42 Å². The van der Waals surface area contributed by atoms with E-state index in [4.69, 9.17) is 34.6 Å². The molecule has 1 aliphatic heterocycles. The molecule has 2 fully saturated rings. The molecule has 4 atom stereocenters. The van der Waals surface area contributed by atoms with Gasteiger partial charge in [0.2, 0.25) is 12.2 Å². The van der Waals surface area contributed by atoms with Crippen LogP contribution in [0.1, 0.15) is 32.3 Å². The van der Waals surface area contributed by atoms with Gasteiger partial charge in [0.25, 0.3) is 0 Å². The van der Waals surface area contributed by atoms with Crippen LogP contribution in [0.25, 0.3) is 11.0 Å². The summed E-state index contributed by atoms with van der Waals surface area (Å²) in [6, 6.07) is 2.91. The van der Waals surface area contributed by atoms with Crippen molar-refractivity contribution in [2.45, 2.75) is 63.8 Å². The highest BCUT2D eigenvalue weighted by Crippen LogP contribution is 2.39. The maximum atomic E-state index is 12.6. The van der Waals surface area contributed by atoms with Gasteiger partial charge in [-0.3, -0.25) is 9.63 Å². The third kappa shape index (κ3) is 5.79. The van der Waals surface area contributed by atoms with Gasteiger partial charge in [-0.05, 0) is 45.7 Å². The van der Waals surface area contributed by atoms with Gasteiger partial charge in [-0.2, -0.15) is 5.48 Å². The van der Waals surface area contributed by atoms with Gasteiger partial charge in [0.05, 0.1) is 11.0 Å². The summed E-state index contributed by atoms with van der Waals surface area (Å²) in [5.74, 6) is 1.35. The van der Waals surface area contributed by atoms with Crippen LogP contribution in [-0.4, -0.2) is 66.1 Å². The first-order valence-corrected chi connectivity index (χ1v) is 12.2. The molecular formula is C26H30N2O11. The average molecular weight is 547 g/mol. The molecule has 39 heavy (non-hydrogen) atoms. The zero-order valence-electron chi connectivity index (χ0n) is 21.8. The molecule has 0 bridgehead atoms. The van der Waals surface area contributed by atoms with Crippen LogP contribution >= 0.6 is 0 Å². The van der Waals surface area contributed by atoms with E-state index in [9.17, 15) is 24.6 Å². The van der Waals surface area contributed by atoms with E-state index >= 15 is 0 Å². The Labute approximate surface area is 223 Å². The lowest BCUT2D eigenvalue weighted by atomic mass is 9.89. The van der Waals surface area contributed by atoms with Crippen molar-refractivity contribution in [1.82, 2.24) is 5.48 Å². The number of anilines is 1. The minimum atomic E-state index is -1.53. The van der Waals surface area contributed by atoms with Crippen LogP contribution in [0, 0.1) is 25.2 Å². The summed E-state index contributed by atoms with van der Waals surface area (Å²) >= 11 is 0. The second-order valence-corrected chi connectivity index (χ2v) is 9.76. The van der Waals surface area contributed by atoms with Gasteiger partial charge >= 0.3 is 11.7 Å². The number of hydroxylamine groups is 1. The number of terminal acetylenes is 1. The van der Waals surface area contributed by atoms with E-state index in [-0.39, 0.29) is 40.8 Å². The largest absolute Gasteiger partial charge is 0.505 e. The number of hydrogen-bond acceptors (Lipinski definition) is 11. The Morgan fingerprint density at radius 3 is 2.64 bits per heavy atom. The number of aromatic hydroxyl groups is 1. The molecule has 13 nitrogen and oxygen atoms in total. The summed E-state index contributed by atoms with van der Waals surface area (Å²) < 4.78 is 28.1. The van der Waals surface area contributed by atoms with Crippen LogP contribution in [0.2, 0.25) is 0 Å². The number of amides is 2. The lowest BCUT2D eigenvalue weighted by molar-refractivity contribution is -0.305. The third-order valence-corrected chi connectivity index (χ3v) is 6.51. The van der Waals surface area contributed by atoms with E-state index in [0.717, 1.165) is 12.8 Å². The number of hydrogen-bond donors (Lipinski definition) is 4.